The molecule has 4 saturated heterocycles. The van der Waals surface area contributed by atoms with Crippen LogP contribution in [0.5, 0.6) is 23.0 Å². The molecule has 8 heterocycles. The van der Waals surface area contributed by atoms with Gasteiger partial charge in [-0.1, -0.05) is 93.4 Å². The Bertz CT molecular complexity index is 6140. The zero-order chi connectivity index (χ0) is 92.3. The summed E-state index contributed by atoms with van der Waals surface area (Å²) in [5.41, 5.74) is 16.7. The molecular weight excluding hydrogens is 1670 g/mol. The van der Waals surface area contributed by atoms with Gasteiger partial charge in [0.05, 0.1) is 84.2 Å². The number of carbonyl (C=O) groups is 2. The molecule has 676 valence electrons. The number of benzene rings is 8. The fourth-order valence-corrected chi connectivity index (χ4v) is 20.7. The van der Waals surface area contributed by atoms with Gasteiger partial charge in [-0.25, -0.2) is 0 Å². The summed E-state index contributed by atoms with van der Waals surface area (Å²) in [5.74, 6) is 5.75. The third-order valence-corrected chi connectivity index (χ3v) is 26.5. The number of nitrogens with one attached hydrogen (secondary N) is 2. The number of amides is 2. The fourth-order valence-electron chi connectivity index (χ4n) is 20.7. The summed E-state index contributed by atoms with van der Waals surface area (Å²) in [7, 11) is 0. The largest absolute Gasteiger partial charge is 0.490 e. The first kappa shape index (κ1) is 90.1. The van der Waals surface area contributed by atoms with Crippen LogP contribution in [0.4, 0.5) is 0 Å². The molecule has 4 aromatic heterocycles. The quantitative estimate of drug-likeness (QED) is 0.0367. The number of carbonyl (C=O) groups excluding carboxylic acids is 2. The van der Waals surface area contributed by atoms with Crippen molar-refractivity contribution in [3.63, 3.8) is 0 Å². The van der Waals surface area contributed by atoms with Crippen molar-refractivity contribution in [3.05, 3.63) is 212 Å². The van der Waals surface area contributed by atoms with Crippen molar-refractivity contribution in [1.29, 1.82) is 21.0 Å². The van der Waals surface area contributed by atoms with Gasteiger partial charge in [-0.2, -0.15) is 41.0 Å². The lowest BCUT2D eigenvalue weighted by Crippen LogP contribution is -2.43. The maximum Gasteiger partial charge on any atom is 0.258 e. The van der Waals surface area contributed by atoms with Crippen molar-refractivity contribution < 1.29 is 67.1 Å². The van der Waals surface area contributed by atoms with E-state index in [0.29, 0.717) is 140 Å². The molecule has 0 bridgehead atoms. The minimum atomic E-state index is -0.369. The number of aromatic nitrogens is 8. The summed E-state index contributed by atoms with van der Waals surface area (Å²) in [6, 6.07) is 54.6. The molecule has 132 heavy (non-hydrogen) atoms. The highest BCUT2D eigenvalue weighted by molar-refractivity contribution is 5.83. The average Bonchev–Trinajstić information content (AvgIpc) is 1.58. The Hall–Kier alpha value is -13.8. The third kappa shape index (κ3) is 17.3. The number of rotatable bonds is 22. The highest BCUT2D eigenvalue weighted by Gasteiger charge is 2.53. The first-order valence-corrected chi connectivity index (χ1v) is 45.3. The molecule has 6 atom stereocenters. The standard InChI is InChI=1S/2C26H26N4O4.2C25H26N4O3/c2*1-16(2)33-22-7-6-17(14-18(22)15-27)25-28-24(29-34-25)20-4-3-5-21-19(20)8-10-26(21)11-9-23(32)30(26)12-13-31;2*1-15(2)31-22-7-6-16(12-17(22)13-26)24-27-23(29-32-24)20-4-3-5-21-19(20)9-11-25(21)10-8-18(14-30)28-25/h2*3-7,14,16,31H,8-13H2,1-2H3;2*3-7,12,15,18,28,30H,8-11,14H2,1-2H3/t2*26-;2*18?,25-/m1010/s1. The van der Waals surface area contributed by atoms with Crippen LogP contribution in [-0.4, -0.2) is 159 Å². The molecule has 30 heteroatoms. The predicted molar refractivity (Wildman–Crippen MR) is 485 cm³/mol. The number of nitriles is 4. The van der Waals surface area contributed by atoms with Gasteiger partial charge in [0, 0.05) is 93.6 Å². The number of β-amino-alcohol motifs (C(OH)–C–C–N with tert-alkyl or cyclic N) is 2. The summed E-state index contributed by atoms with van der Waals surface area (Å²) < 4.78 is 45.1. The maximum atomic E-state index is 12.5. The molecular formula is C102H104N16O14. The van der Waals surface area contributed by atoms with Gasteiger partial charge in [-0.05, 0) is 263 Å². The number of aliphatic hydroxyl groups excluding tert-OH is 4. The first-order valence-electron chi connectivity index (χ1n) is 45.3. The number of likely N-dealkylation sites (tertiary alicyclic amines) is 2. The molecule has 0 radical (unpaired) electrons. The van der Waals surface area contributed by atoms with E-state index in [0.717, 1.165) is 134 Å². The van der Waals surface area contributed by atoms with E-state index in [1.165, 1.54) is 22.3 Å². The van der Waals surface area contributed by atoms with Crippen LogP contribution in [0, 0.1) is 45.3 Å². The molecule has 12 aromatic rings. The molecule has 4 fully saturated rings. The van der Waals surface area contributed by atoms with Crippen molar-refractivity contribution in [3.8, 4) is 139 Å². The predicted octanol–water partition coefficient (Wildman–Crippen LogP) is 15.5. The highest BCUT2D eigenvalue weighted by atomic mass is 16.5. The molecule has 4 spiro atoms. The van der Waals surface area contributed by atoms with Gasteiger partial charge in [-0.3, -0.25) is 9.59 Å². The Morgan fingerprint density at radius 3 is 0.917 bits per heavy atom. The number of nitrogens with zero attached hydrogens (tertiary/aromatic N) is 14. The average molecular weight is 1780 g/mol. The van der Waals surface area contributed by atoms with E-state index in [2.05, 4.69) is 99.7 Å². The second-order valence-corrected chi connectivity index (χ2v) is 35.9. The number of hydrogen-bond donors (Lipinski definition) is 6. The van der Waals surface area contributed by atoms with Crippen molar-refractivity contribution in [2.75, 3.05) is 39.5 Å². The van der Waals surface area contributed by atoms with Crippen molar-refractivity contribution in [2.24, 2.45) is 0 Å². The lowest BCUT2D eigenvalue weighted by molar-refractivity contribution is -0.133. The molecule has 4 aliphatic carbocycles. The molecule has 20 rings (SSSR count). The second kappa shape index (κ2) is 37.9. The van der Waals surface area contributed by atoms with Crippen molar-refractivity contribution >= 4 is 11.8 Å². The van der Waals surface area contributed by atoms with Crippen molar-refractivity contribution in [1.82, 2.24) is 61.0 Å². The summed E-state index contributed by atoms with van der Waals surface area (Å²) in [6.45, 7) is 16.2. The molecule has 8 aliphatic rings. The number of hydrogen-bond acceptors (Lipinski definition) is 28. The van der Waals surface area contributed by atoms with Gasteiger partial charge in [0.1, 0.15) is 47.3 Å². The van der Waals surface area contributed by atoms with Crippen LogP contribution in [0.25, 0.3) is 91.4 Å². The first-order chi connectivity index (χ1) is 64.0. The second-order valence-electron chi connectivity index (χ2n) is 35.9. The highest BCUT2D eigenvalue weighted by Crippen LogP contribution is 2.55. The minimum Gasteiger partial charge on any atom is -0.490 e. The topological polar surface area (TPSA) is 433 Å². The summed E-state index contributed by atoms with van der Waals surface area (Å²) >= 11 is 0. The smallest absolute Gasteiger partial charge is 0.258 e. The van der Waals surface area contributed by atoms with Crippen LogP contribution in [-0.2, 0) is 57.4 Å². The van der Waals surface area contributed by atoms with Gasteiger partial charge in [0.15, 0.2) is 0 Å². The van der Waals surface area contributed by atoms with Gasteiger partial charge < -0.3 is 77.9 Å². The van der Waals surface area contributed by atoms with E-state index < -0.39 is 0 Å². The van der Waals surface area contributed by atoms with Crippen LogP contribution in [0.15, 0.2) is 164 Å². The third-order valence-electron chi connectivity index (χ3n) is 26.5. The summed E-state index contributed by atoms with van der Waals surface area (Å²) in [6.07, 6.45) is 13.5. The van der Waals surface area contributed by atoms with E-state index in [4.69, 9.17) is 37.0 Å². The van der Waals surface area contributed by atoms with Gasteiger partial charge in [0.25, 0.3) is 23.6 Å². The Kier molecular flexibility index (Phi) is 25.9. The van der Waals surface area contributed by atoms with Crippen LogP contribution in [0.3, 0.4) is 0 Å². The zero-order valence-corrected chi connectivity index (χ0v) is 75.0. The van der Waals surface area contributed by atoms with Crippen LogP contribution in [0.1, 0.15) is 199 Å². The van der Waals surface area contributed by atoms with Gasteiger partial charge >= 0.3 is 0 Å². The SMILES string of the molecule is CC(C)Oc1ccc(-c2nc(-c3cccc4c3CC[C@@]43CCC(=O)N3CCO)no2)cc1C#N.CC(C)Oc1ccc(-c2nc(-c3cccc4c3CC[C@@]43CCC(CO)N3)no2)cc1C#N.CC(C)Oc1ccc(-c2nc(-c3cccc4c3CC[C@]43CCC(=O)N3CCO)no2)cc1C#N.CC(C)Oc1ccc(-c2nc(-c3cccc4c3CC[C@]43CCC(CO)N3)no2)cc1C#N. The summed E-state index contributed by atoms with van der Waals surface area (Å²) in [5, 5.41) is 101. The van der Waals surface area contributed by atoms with Crippen molar-refractivity contribution in [2.45, 2.75) is 217 Å². The van der Waals surface area contributed by atoms with E-state index in [9.17, 15) is 51.1 Å². The van der Waals surface area contributed by atoms with Crippen LogP contribution < -0.4 is 29.6 Å². The van der Waals surface area contributed by atoms with E-state index in [1.807, 2.05) is 126 Å². The van der Waals surface area contributed by atoms with E-state index in [1.54, 1.807) is 60.7 Å². The molecule has 6 N–H and O–H groups in total. The van der Waals surface area contributed by atoms with Gasteiger partial charge in [0.2, 0.25) is 35.1 Å². The fraction of sp³-hybridized carbons (Fsp3) is 0.392. The monoisotopic (exact) mass is 1780 g/mol. The lowest BCUT2D eigenvalue weighted by atomic mass is 9.88. The number of ether oxygens (including phenoxy) is 4. The van der Waals surface area contributed by atoms with E-state index in [-0.39, 0.29) is 96.9 Å². The molecule has 2 amide bonds. The number of aliphatic hydroxyl groups is 4. The Morgan fingerprint density at radius 2 is 0.652 bits per heavy atom. The minimum absolute atomic E-state index is 0.0200. The van der Waals surface area contributed by atoms with E-state index >= 15 is 0 Å². The number of fused-ring (bicyclic) bond motifs is 8. The molecule has 2 unspecified atom stereocenters. The molecule has 4 aliphatic heterocycles. The molecule has 30 nitrogen and oxygen atoms in total. The Morgan fingerprint density at radius 1 is 0.379 bits per heavy atom. The van der Waals surface area contributed by atoms with Gasteiger partial charge in [-0.15, -0.1) is 0 Å². The van der Waals surface area contributed by atoms with Crippen LogP contribution in [0.2, 0.25) is 0 Å². The Balaban J connectivity index is 0.000000123. The summed E-state index contributed by atoms with van der Waals surface area (Å²) in [4.78, 5) is 47.3. The Labute approximate surface area is 764 Å². The zero-order valence-electron chi connectivity index (χ0n) is 75.0. The normalized spacial score (nSPS) is 20.4. The van der Waals surface area contributed by atoms with Crippen LogP contribution >= 0.6 is 0 Å². The molecule has 8 aromatic carbocycles. The lowest BCUT2D eigenvalue weighted by Gasteiger charge is -2.36. The molecule has 0 saturated carbocycles. The maximum absolute atomic E-state index is 12.5.